The lowest BCUT2D eigenvalue weighted by atomic mass is 9.87. The Morgan fingerprint density at radius 2 is 1.62 bits per heavy atom. The smallest absolute Gasteiger partial charge is 0.342 e. The standard InChI is InChI=1S/C31H28N4O7/c1-20-32-25-13-12-23(33-27(37)19-41-17-21-8-4-2-5-9-21)16-24(25)28(38)35(20)31(15-14-26(36)34-29(31)39)30(40)42-18-22-10-6-3-7-11-22/h2-13,16H,14-15,17-19H2,1H3,(H,33,37)(H,34,36,39)/t31-/m0/s1. The highest BCUT2D eigenvalue weighted by Crippen LogP contribution is 2.30. The minimum Gasteiger partial charge on any atom is -0.459 e. The van der Waals surface area contributed by atoms with Crippen molar-refractivity contribution in [3.8, 4) is 0 Å². The molecule has 1 atom stereocenters. The van der Waals surface area contributed by atoms with Gasteiger partial charge in [0.1, 0.15) is 19.0 Å². The Kier molecular flexibility index (Phi) is 8.21. The molecule has 1 saturated heterocycles. The molecule has 3 amide bonds. The number of benzene rings is 3. The molecule has 1 fully saturated rings. The maximum atomic E-state index is 13.9. The molecule has 1 aromatic heterocycles. The van der Waals surface area contributed by atoms with E-state index >= 15 is 0 Å². The van der Waals surface area contributed by atoms with E-state index in [0.29, 0.717) is 16.8 Å². The van der Waals surface area contributed by atoms with E-state index in [-0.39, 0.29) is 43.9 Å². The summed E-state index contributed by atoms with van der Waals surface area (Å²) in [5.74, 6) is -2.87. The molecule has 2 N–H and O–H groups in total. The van der Waals surface area contributed by atoms with Crippen LogP contribution in [0.4, 0.5) is 5.69 Å². The van der Waals surface area contributed by atoms with Gasteiger partial charge in [0, 0.05) is 12.1 Å². The highest BCUT2D eigenvalue weighted by Gasteiger charge is 2.54. The molecule has 0 spiro atoms. The third-order valence-electron chi connectivity index (χ3n) is 6.94. The van der Waals surface area contributed by atoms with Gasteiger partial charge in [0.25, 0.3) is 11.5 Å². The van der Waals surface area contributed by atoms with Crippen molar-refractivity contribution < 1.29 is 28.7 Å². The molecular formula is C31H28N4O7. The average molecular weight is 569 g/mol. The van der Waals surface area contributed by atoms with Crippen LogP contribution in [0.2, 0.25) is 0 Å². The number of imide groups is 1. The molecule has 4 aromatic rings. The fourth-order valence-electron chi connectivity index (χ4n) is 4.90. The molecule has 1 aliphatic heterocycles. The lowest BCUT2D eigenvalue weighted by molar-refractivity contribution is -0.164. The summed E-state index contributed by atoms with van der Waals surface area (Å²) in [4.78, 5) is 69.9. The van der Waals surface area contributed by atoms with Gasteiger partial charge in [-0.25, -0.2) is 9.78 Å². The maximum absolute atomic E-state index is 13.9. The number of esters is 1. The molecule has 0 radical (unpaired) electrons. The van der Waals surface area contributed by atoms with Gasteiger partial charge in [-0.15, -0.1) is 0 Å². The third-order valence-corrected chi connectivity index (χ3v) is 6.94. The number of hydrogen-bond acceptors (Lipinski definition) is 8. The van der Waals surface area contributed by atoms with Crippen molar-refractivity contribution >= 4 is 40.3 Å². The van der Waals surface area contributed by atoms with E-state index in [2.05, 4.69) is 15.6 Å². The Balaban J connectivity index is 1.44. The van der Waals surface area contributed by atoms with Gasteiger partial charge >= 0.3 is 5.97 Å². The molecule has 1 aliphatic rings. The van der Waals surface area contributed by atoms with Crippen LogP contribution in [0.5, 0.6) is 0 Å². The van der Waals surface area contributed by atoms with Crippen molar-refractivity contribution in [3.05, 3.63) is 106 Å². The fraction of sp³-hybridized carbons (Fsp3) is 0.226. The monoisotopic (exact) mass is 568 g/mol. The van der Waals surface area contributed by atoms with Crippen LogP contribution >= 0.6 is 0 Å². The van der Waals surface area contributed by atoms with Crippen LogP contribution in [0.3, 0.4) is 0 Å². The molecule has 0 saturated carbocycles. The van der Waals surface area contributed by atoms with E-state index < -0.39 is 34.8 Å². The van der Waals surface area contributed by atoms with Gasteiger partial charge in [-0.1, -0.05) is 60.7 Å². The highest BCUT2D eigenvalue weighted by atomic mass is 16.5. The number of hydrogen-bond donors (Lipinski definition) is 2. The van der Waals surface area contributed by atoms with E-state index in [4.69, 9.17) is 9.47 Å². The van der Waals surface area contributed by atoms with Crippen molar-refractivity contribution in [2.45, 2.75) is 38.5 Å². The number of aryl methyl sites for hydroxylation is 1. The van der Waals surface area contributed by atoms with Gasteiger partial charge in [-0.2, -0.15) is 0 Å². The Hall–Kier alpha value is -5.16. The minimum absolute atomic E-state index is 0.0588. The second kappa shape index (κ2) is 12.1. The van der Waals surface area contributed by atoms with Gasteiger partial charge in [-0.05, 0) is 42.7 Å². The number of amides is 3. The topological polar surface area (TPSA) is 146 Å². The number of carbonyl (C=O) groups excluding carboxylic acids is 4. The molecule has 11 nitrogen and oxygen atoms in total. The number of nitrogens with zero attached hydrogens (tertiary/aromatic N) is 2. The second-order valence-electron chi connectivity index (χ2n) is 9.86. The summed E-state index contributed by atoms with van der Waals surface area (Å²) in [7, 11) is 0. The predicted octanol–water partition coefficient (Wildman–Crippen LogP) is 2.74. The molecule has 3 aromatic carbocycles. The summed E-state index contributed by atoms with van der Waals surface area (Å²) in [6.07, 6.45) is -0.469. The van der Waals surface area contributed by atoms with Gasteiger partial charge in [0.15, 0.2) is 0 Å². The van der Waals surface area contributed by atoms with E-state index in [9.17, 15) is 24.0 Å². The van der Waals surface area contributed by atoms with Gasteiger partial charge in [-0.3, -0.25) is 29.1 Å². The van der Waals surface area contributed by atoms with Crippen LogP contribution in [0.15, 0.2) is 83.7 Å². The number of piperidine rings is 1. The lowest BCUT2D eigenvalue weighted by Crippen LogP contribution is -2.62. The maximum Gasteiger partial charge on any atom is 0.342 e. The van der Waals surface area contributed by atoms with E-state index in [0.717, 1.165) is 10.1 Å². The third kappa shape index (κ3) is 5.81. The molecular weight excluding hydrogens is 540 g/mol. The summed E-state index contributed by atoms with van der Waals surface area (Å²) in [5.41, 5.74) is -0.656. The number of aromatic nitrogens is 2. The molecule has 214 valence electrons. The Morgan fingerprint density at radius 1 is 0.952 bits per heavy atom. The largest absolute Gasteiger partial charge is 0.459 e. The van der Waals surface area contributed by atoms with Crippen molar-refractivity contribution in [3.63, 3.8) is 0 Å². The molecule has 11 heteroatoms. The van der Waals surface area contributed by atoms with Crippen molar-refractivity contribution in [1.82, 2.24) is 14.9 Å². The van der Waals surface area contributed by atoms with E-state index in [1.54, 1.807) is 36.4 Å². The van der Waals surface area contributed by atoms with Gasteiger partial charge in [0.05, 0.1) is 17.5 Å². The summed E-state index contributed by atoms with van der Waals surface area (Å²) < 4.78 is 12.0. The zero-order chi connectivity index (χ0) is 29.7. The number of rotatable bonds is 9. The molecule has 0 bridgehead atoms. The lowest BCUT2D eigenvalue weighted by Gasteiger charge is -2.35. The SMILES string of the molecule is Cc1nc2ccc(NC(=O)COCc3ccccc3)cc2c(=O)n1[C@@]1(C(=O)OCc2ccccc2)CCC(=O)NC1=O. The van der Waals surface area contributed by atoms with E-state index in [1.165, 1.54) is 13.0 Å². The first kappa shape index (κ1) is 28.4. The molecule has 2 heterocycles. The van der Waals surface area contributed by atoms with Gasteiger partial charge < -0.3 is 14.8 Å². The number of nitrogens with one attached hydrogen (secondary N) is 2. The molecule has 5 rings (SSSR count). The summed E-state index contributed by atoms with van der Waals surface area (Å²) in [5, 5.41) is 4.93. The zero-order valence-corrected chi connectivity index (χ0v) is 22.8. The normalized spacial score (nSPS) is 16.6. The summed E-state index contributed by atoms with van der Waals surface area (Å²) in [6.45, 7) is 1.40. The minimum atomic E-state index is -2.16. The fourth-order valence-corrected chi connectivity index (χ4v) is 4.90. The molecule has 42 heavy (non-hydrogen) atoms. The number of fused-ring (bicyclic) bond motifs is 1. The average Bonchev–Trinajstić information content (AvgIpc) is 2.98. The Bertz CT molecular complexity index is 1720. The number of ether oxygens (including phenoxy) is 2. The van der Waals surface area contributed by atoms with Crippen molar-refractivity contribution in [2.24, 2.45) is 0 Å². The first-order chi connectivity index (χ1) is 20.3. The van der Waals surface area contributed by atoms with E-state index in [1.807, 2.05) is 36.4 Å². The molecule has 0 aliphatic carbocycles. The number of anilines is 1. The zero-order valence-electron chi connectivity index (χ0n) is 22.8. The van der Waals surface area contributed by atoms with Crippen molar-refractivity contribution in [2.75, 3.05) is 11.9 Å². The predicted molar refractivity (Wildman–Crippen MR) is 152 cm³/mol. The number of carbonyl (C=O) groups is 4. The van der Waals surface area contributed by atoms with Crippen molar-refractivity contribution in [1.29, 1.82) is 0 Å². The van der Waals surface area contributed by atoms with Crippen LogP contribution in [-0.2, 0) is 47.4 Å². The second-order valence-corrected chi connectivity index (χ2v) is 9.86. The first-order valence-electron chi connectivity index (χ1n) is 13.3. The highest BCUT2D eigenvalue weighted by molar-refractivity contribution is 6.13. The molecule has 0 unspecified atom stereocenters. The van der Waals surface area contributed by atoms with Gasteiger partial charge in [0.2, 0.25) is 17.4 Å². The van der Waals surface area contributed by atoms with Crippen LogP contribution in [0.25, 0.3) is 10.9 Å². The Morgan fingerprint density at radius 3 is 2.29 bits per heavy atom. The summed E-state index contributed by atoms with van der Waals surface area (Å²) in [6, 6.07) is 22.8. The van der Waals surface area contributed by atoms with Crippen LogP contribution < -0.4 is 16.2 Å². The first-order valence-corrected chi connectivity index (χ1v) is 13.3. The summed E-state index contributed by atoms with van der Waals surface area (Å²) >= 11 is 0. The Labute approximate surface area is 240 Å². The van der Waals surface area contributed by atoms with Crippen LogP contribution in [0, 0.1) is 6.92 Å². The van der Waals surface area contributed by atoms with Crippen LogP contribution in [0.1, 0.15) is 29.8 Å². The van der Waals surface area contributed by atoms with Crippen LogP contribution in [-0.4, -0.2) is 39.8 Å². The quantitative estimate of drug-likeness (QED) is 0.178.